The predicted octanol–water partition coefficient (Wildman–Crippen LogP) is 5.42. The molecule has 0 atom stereocenters. The van der Waals surface area contributed by atoms with Gasteiger partial charge in [-0.25, -0.2) is 9.38 Å². The van der Waals surface area contributed by atoms with Crippen molar-refractivity contribution in [2.75, 3.05) is 23.0 Å². The van der Waals surface area contributed by atoms with Gasteiger partial charge in [-0.15, -0.1) is 0 Å². The maximum atomic E-state index is 13.7. The van der Waals surface area contributed by atoms with Gasteiger partial charge in [0, 0.05) is 11.4 Å². The zero-order valence-corrected chi connectivity index (χ0v) is 19.4. The summed E-state index contributed by atoms with van der Waals surface area (Å²) >= 11 is 1.24. The molecule has 0 saturated carbocycles. The molecule has 168 valence electrons. The summed E-state index contributed by atoms with van der Waals surface area (Å²) < 4.78 is 18.8. The Morgan fingerprint density at radius 3 is 2.59 bits per heavy atom. The molecule has 8 heteroatoms. The predicted molar refractivity (Wildman–Crippen MR) is 128 cm³/mol. The molecule has 3 rings (SSSR count). The van der Waals surface area contributed by atoms with Gasteiger partial charge in [-0.05, 0) is 74.7 Å². The molecule has 2 N–H and O–H groups in total. The lowest BCUT2D eigenvalue weighted by atomic mass is 10.1. The van der Waals surface area contributed by atoms with Crippen molar-refractivity contribution in [3.8, 4) is 0 Å². The second-order valence-corrected chi connectivity index (χ2v) is 8.48. The van der Waals surface area contributed by atoms with Crippen LogP contribution in [0.1, 0.15) is 30.0 Å². The highest BCUT2D eigenvalue weighted by molar-refractivity contribution is 8.14. The molecule has 2 aromatic carbocycles. The van der Waals surface area contributed by atoms with E-state index >= 15 is 0 Å². The number of thioether (sulfide) groups is 1. The van der Waals surface area contributed by atoms with Gasteiger partial charge >= 0.3 is 5.97 Å². The molecule has 0 saturated heterocycles. The van der Waals surface area contributed by atoms with Crippen LogP contribution in [0.5, 0.6) is 0 Å². The summed E-state index contributed by atoms with van der Waals surface area (Å²) in [5.41, 5.74) is 5.26. The second-order valence-electron chi connectivity index (χ2n) is 7.48. The van der Waals surface area contributed by atoms with Crippen molar-refractivity contribution >= 4 is 45.7 Å². The van der Waals surface area contributed by atoms with Crippen molar-refractivity contribution in [3.63, 3.8) is 0 Å². The molecule has 1 amide bonds. The van der Waals surface area contributed by atoms with Crippen LogP contribution in [0.15, 0.2) is 47.1 Å². The molecule has 2 aromatic rings. The fourth-order valence-electron chi connectivity index (χ4n) is 3.05. The van der Waals surface area contributed by atoms with Gasteiger partial charge in [0.2, 0.25) is 5.91 Å². The number of carbonyl (C=O) groups excluding carboxylic acids is 2. The van der Waals surface area contributed by atoms with Gasteiger partial charge in [0.1, 0.15) is 5.82 Å². The minimum absolute atomic E-state index is 0.0641. The Balaban J connectivity index is 1.78. The Kier molecular flexibility index (Phi) is 7.69. The van der Waals surface area contributed by atoms with E-state index in [1.54, 1.807) is 32.1 Å². The van der Waals surface area contributed by atoms with Crippen LogP contribution in [-0.2, 0) is 14.3 Å². The number of ether oxygens (including phenoxy) is 1. The van der Waals surface area contributed by atoms with Crippen LogP contribution in [0, 0.1) is 26.6 Å². The lowest BCUT2D eigenvalue weighted by Gasteiger charge is -2.12. The molecule has 0 aromatic heterocycles. The SMILES string of the molecule is CCOC(=O)CC1=CC(SCC(=O)Nc2ccc(C)c(F)c2)=Nc2cc(C)c(C)cc2N1. The number of fused-ring (bicyclic) bond motifs is 1. The largest absolute Gasteiger partial charge is 0.466 e. The van der Waals surface area contributed by atoms with E-state index < -0.39 is 0 Å². The average molecular weight is 456 g/mol. The zero-order chi connectivity index (χ0) is 23.3. The fraction of sp³-hybridized carbons (Fsp3) is 0.292. The molecule has 0 spiro atoms. The van der Waals surface area contributed by atoms with E-state index in [4.69, 9.17) is 9.73 Å². The van der Waals surface area contributed by atoms with Gasteiger partial charge in [-0.1, -0.05) is 17.8 Å². The van der Waals surface area contributed by atoms with Gasteiger partial charge in [0.15, 0.2) is 0 Å². The summed E-state index contributed by atoms with van der Waals surface area (Å²) in [4.78, 5) is 29.1. The van der Waals surface area contributed by atoms with Crippen LogP contribution in [0.2, 0.25) is 0 Å². The molecule has 1 aliphatic heterocycles. The number of nitrogens with one attached hydrogen (secondary N) is 2. The van der Waals surface area contributed by atoms with E-state index in [1.165, 1.54) is 17.8 Å². The number of anilines is 2. The number of aliphatic imine (C=N–C) groups is 1. The first-order valence-corrected chi connectivity index (χ1v) is 11.3. The Morgan fingerprint density at radius 1 is 1.12 bits per heavy atom. The number of benzene rings is 2. The Hall–Kier alpha value is -3.13. The van der Waals surface area contributed by atoms with E-state index in [0.717, 1.165) is 22.5 Å². The molecule has 32 heavy (non-hydrogen) atoms. The number of esters is 1. The second kappa shape index (κ2) is 10.5. The highest BCUT2D eigenvalue weighted by Crippen LogP contribution is 2.34. The first kappa shape index (κ1) is 23.5. The third kappa shape index (κ3) is 6.20. The summed E-state index contributed by atoms with van der Waals surface area (Å²) in [5, 5.41) is 6.56. The smallest absolute Gasteiger partial charge is 0.311 e. The minimum Gasteiger partial charge on any atom is -0.466 e. The van der Waals surface area contributed by atoms with Crippen molar-refractivity contribution in [1.82, 2.24) is 0 Å². The molecule has 1 aliphatic rings. The summed E-state index contributed by atoms with van der Waals surface area (Å²) in [5.74, 6) is -0.915. The number of rotatable bonds is 6. The van der Waals surface area contributed by atoms with E-state index in [0.29, 0.717) is 28.6 Å². The van der Waals surface area contributed by atoms with Gasteiger partial charge in [-0.3, -0.25) is 9.59 Å². The normalized spacial score (nSPS) is 12.7. The van der Waals surface area contributed by atoms with Crippen LogP contribution in [0.25, 0.3) is 0 Å². The maximum Gasteiger partial charge on any atom is 0.311 e. The number of carbonyl (C=O) groups is 2. The lowest BCUT2D eigenvalue weighted by molar-refractivity contribution is -0.142. The maximum absolute atomic E-state index is 13.7. The van der Waals surface area contributed by atoms with Crippen LogP contribution < -0.4 is 10.6 Å². The number of hydrogen-bond acceptors (Lipinski definition) is 6. The van der Waals surface area contributed by atoms with Crippen LogP contribution in [0.4, 0.5) is 21.5 Å². The van der Waals surface area contributed by atoms with Crippen molar-refractivity contribution in [2.24, 2.45) is 4.99 Å². The molecule has 0 radical (unpaired) electrons. The molecule has 6 nitrogen and oxygen atoms in total. The number of aryl methyl sites for hydroxylation is 3. The molecular weight excluding hydrogens is 429 g/mol. The fourth-order valence-corrected chi connectivity index (χ4v) is 3.79. The summed E-state index contributed by atoms with van der Waals surface area (Å²) in [6.07, 6.45) is 1.82. The molecular formula is C24H26FN3O3S. The van der Waals surface area contributed by atoms with Gasteiger partial charge in [0.05, 0.1) is 35.2 Å². The monoisotopic (exact) mass is 455 g/mol. The van der Waals surface area contributed by atoms with Gasteiger partial charge < -0.3 is 15.4 Å². The van der Waals surface area contributed by atoms with E-state index in [-0.39, 0.29) is 29.9 Å². The standard InChI is InChI=1S/C24H26FN3O3S/c1-5-31-24(30)12-18-11-23(28-21-9-16(4)15(3)8-20(21)26-18)32-13-22(29)27-17-7-6-14(2)19(25)10-17/h6-11,26H,5,12-13H2,1-4H3,(H,27,29). The highest BCUT2D eigenvalue weighted by Gasteiger charge is 2.17. The van der Waals surface area contributed by atoms with Crippen LogP contribution in [0.3, 0.4) is 0 Å². The first-order valence-electron chi connectivity index (χ1n) is 10.3. The van der Waals surface area contributed by atoms with E-state index in [9.17, 15) is 14.0 Å². The Labute approximate surface area is 191 Å². The zero-order valence-electron chi connectivity index (χ0n) is 18.5. The lowest BCUT2D eigenvalue weighted by Crippen LogP contribution is -2.15. The number of amides is 1. The molecule has 0 aliphatic carbocycles. The van der Waals surface area contributed by atoms with E-state index in [2.05, 4.69) is 10.6 Å². The topological polar surface area (TPSA) is 79.8 Å². The average Bonchev–Trinajstić information content (AvgIpc) is 2.88. The van der Waals surface area contributed by atoms with E-state index in [1.807, 2.05) is 26.0 Å². The quantitative estimate of drug-likeness (QED) is 0.569. The Morgan fingerprint density at radius 2 is 1.88 bits per heavy atom. The minimum atomic E-state index is -0.372. The van der Waals surface area contributed by atoms with Crippen LogP contribution in [-0.4, -0.2) is 29.3 Å². The number of nitrogens with zero attached hydrogens (tertiary/aromatic N) is 1. The summed E-state index contributed by atoms with van der Waals surface area (Å²) in [6.45, 7) is 7.74. The molecule has 0 bridgehead atoms. The third-order valence-electron chi connectivity index (χ3n) is 4.88. The summed E-state index contributed by atoms with van der Waals surface area (Å²) in [6, 6.07) is 8.52. The van der Waals surface area contributed by atoms with Crippen LogP contribution >= 0.6 is 11.8 Å². The number of hydrogen-bond donors (Lipinski definition) is 2. The summed E-state index contributed by atoms with van der Waals surface area (Å²) in [7, 11) is 0. The molecule has 0 unspecified atom stereocenters. The first-order chi connectivity index (χ1) is 15.2. The van der Waals surface area contributed by atoms with Crippen molar-refractivity contribution in [3.05, 3.63) is 64.6 Å². The van der Waals surface area contributed by atoms with Crippen molar-refractivity contribution in [1.29, 1.82) is 0 Å². The third-order valence-corrected chi connectivity index (χ3v) is 5.79. The Bertz CT molecular complexity index is 1110. The van der Waals surface area contributed by atoms with Gasteiger partial charge in [0.25, 0.3) is 0 Å². The number of halogens is 1. The van der Waals surface area contributed by atoms with Crippen molar-refractivity contribution in [2.45, 2.75) is 34.1 Å². The highest BCUT2D eigenvalue weighted by atomic mass is 32.2. The molecule has 1 heterocycles. The van der Waals surface area contributed by atoms with Crippen molar-refractivity contribution < 1.29 is 18.7 Å². The van der Waals surface area contributed by atoms with Gasteiger partial charge in [-0.2, -0.15) is 0 Å². The molecule has 0 fully saturated rings.